The Hall–Kier alpha value is -1.31. The van der Waals surface area contributed by atoms with Crippen molar-refractivity contribution in [3.05, 3.63) is 18.2 Å². The van der Waals surface area contributed by atoms with Crippen LogP contribution in [0.1, 0.15) is 6.92 Å². The van der Waals surface area contributed by atoms with Crippen LogP contribution in [0.25, 0.3) is 0 Å². The first kappa shape index (κ1) is 13.7. The summed E-state index contributed by atoms with van der Waals surface area (Å²) in [5.74, 6) is 1.10. The van der Waals surface area contributed by atoms with Gasteiger partial charge < -0.3 is 14.8 Å². The van der Waals surface area contributed by atoms with Gasteiger partial charge in [0, 0.05) is 31.7 Å². The van der Waals surface area contributed by atoms with Gasteiger partial charge in [0.15, 0.2) is 11.5 Å². The van der Waals surface area contributed by atoms with E-state index >= 15 is 0 Å². The molecule has 1 aromatic carbocycles. The van der Waals surface area contributed by atoms with Crippen LogP contribution in [0, 0.1) is 0 Å². The predicted molar refractivity (Wildman–Crippen MR) is 73.7 cm³/mol. The SMILES string of the molecule is C[C@H]1CNCCN1S(=O)(=O)c1ccc2c(c1)OCCO2. The quantitative estimate of drug-likeness (QED) is 0.858. The lowest BCUT2D eigenvalue weighted by molar-refractivity contribution is 0.171. The van der Waals surface area contributed by atoms with Crippen LogP contribution in [0.5, 0.6) is 11.5 Å². The number of benzene rings is 1. The van der Waals surface area contributed by atoms with Crippen LogP contribution < -0.4 is 14.8 Å². The molecule has 6 nitrogen and oxygen atoms in total. The highest BCUT2D eigenvalue weighted by atomic mass is 32.2. The van der Waals surface area contributed by atoms with E-state index in [1.807, 2.05) is 6.92 Å². The Labute approximate surface area is 118 Å². The molecule has 110 valence electrons. The van der Waals surface area contributed by atoms with E-state index in [2.05, 4.69) is 5.32 Å². The number of nitrogens with zero attached hydrogens (tertiary/aromatic N) is 1. The molecule has 2 heterocycles. The normalized spacial score (nSPS) is 23.6. The summed E-state index contributed by atoms with van der Waals surface area (Å²) in [6.07, 6.45) is 0. The molecule has 1 atom stereocenters. The van der Waals surface area contributed by atoms with Crippen molar-refractivity contribution in [1.29, 1.82) is 0 Å². The maximum atomic E-state index is 12.7. The van der Waals surface area contributed by atoms with Crippen LogP contribution >= 0.6 is 0 Å². The molecule has 1 aromatic rings. The molecule has 0 aromatic heterocycles. The second kappa shape index (κ2) is 5.23. The molecule has 0 radical (unpaired) electrons. The highest BCUT2D eigenvalue weighted by Gasteiger charge is 2.31. The second-order valence-electron chi connectivity index (χ2n) is 4.97. The van der Waals surface area contributed by atoms with Gasteiger partial charge in [-0.1, -0.05) is 0 Å². The lowest BCUT2D eigenvalue weighted by Gasteiger charge is -2.33. The summed E-state index contributed by atoms with van der Waals surface area (Å²) in [5, 5.41) is 3.19. The second-order valence-corrected chi connectivity index (χ2v) is 6.86. The third-order valence-electron chi connectivity index (χ3n) is 3.56. The average Bonchev–Trinajstić information content (AvgIpc) is 2.47. The fourth-order valence-electron chi connectivity index (χ4n) is 2.50. The molecule has 0 spiro atoms. The van der Waals surface area contributed by atoms with Crippen LogP contribution in [0.15, 0.2) is 23.1 Å². The Kier molecular flexibility index (Phi) is 3.57. The van der Waals surface area contributed by atoms with Gasteiger partial charge in [-0.15, -0.1) is 0 Å². The van der Waals surface area contributed by atoms with Crippen molar-refractivity contribution >= 4 is 10.0 Å². The number of hydrogen-bond acceptors (Lipinski definition) is 5. The van der Waals surface area contributed by atoms with E-state index in [1.54, 1.807) is 18.2 Å². The molecule has 1 N–H and O–H groups in total. The van der Waals surface area contributed by atoms with Crippen molar-refractivity contribution in [2.45, 2.75) is 17.9 Å². The molecule has 3 rings (SSSR count). The lowest BCUT2D eigenvalue weighted by atomic mass is 10.3. The Balaban J connectivity index is 1.94. The Bertz CT molecular complexity index is 602. The summed E-state index contributed by atoms with van der Waals surface area (Å²) < 4.78 is 37.8. The Morgan fingerprint density at radius 3 is 2.75 bits per heavy atom. The summed E-state index contributed by atoms with van der Waals surface area (Å²) in [6, 6.07) is 4.74. The molecule has 0 amide bonds. The summed E-state index contributed by atoms with van der Waals surface area (Å²) in [5.41, 5.74) is 0. The first-order valence-electron chi connectivity index (χ1n) is 6.71. The molecule has 2 aliphatic rings. The first-order chi connectivity index (χ1) is 9.59. The zero-order chi connectivity index (χ0) is 14.2. The van der Waals surface area contributed by atoms with Crippen molar-refractivity contribution in [3.8, 4) is 11.5 Å². The van der Waals surface area contributed by atoms with Crippen molar-refractivity contribution in [2.75, 3.05) is 32.8 Å². The minimum Gasteiger partial charge on any atom is -0.486 e. The lowest BCUT2D eigenvalue weighted by Crippen LogP contribution is -2.52. The fraction of sp³-hybridized carbons (Fsp3) is 0.538. The van der Waals surface area contributed by atoms with Gasteiger partial charge in [-0.25, -0.2) is 8.42 Å². The number of ether oxygens (including phenoxy) is 2. The maximum absolute atomic E-state index is 12.7. The molecular formula is C13H18N2O4S. The van der Waals surface area contributed by atoms with Crippen molar-refractivity contribution < 1.29 is 17.9 Å². The highest BCUT2D eigenvalue weighted by Crippen LogP contribution is 2.33. The minimum atomic E-state index is -3.49. The topological polar surface area (TPSA) is 67.9 Å². The van der Waals surface area contributed by atoms with Gasteiger partial charge in [0.1, 0.15) is 13.2 Å². The molecule has 0 aliphatic carbocycles. The zero-order valence-corrected chi connectivity index (χ0v) is 12.1. The number of rotatable bonds is 2. The van der Waals surface area contributed by atoms with E-state index in [-0.39, 0.29) is 10.9 Å². The summed E-state index contributed by atoms with van der Waals surface area (Å²) >= 11 is 0. The van der Waals surface area contributed by atoms with E-state index in [0.29, 0.717) is 44.3 Å². The molecule has 0 unspecified atom stereocenters. The molecular weight excluding hydrogens is 280 g/mol. The van der Waals surface area contributed by atoms with Crippen molar-refractivity contribution in [2.24, 2.45) is 0 Å². The average molecular weight is 298 g/mol. The molecule has 0 bridgehead atoms. The van der Waals surface area contributed by atoms with E-state index < -0.39 is 10.0 Å². The summed E-state index contributed by atoms with van der Waals surface area (Å²) in [7, 11) is -3.49. The zero-order valence-electron chi connectivity index (χ0n) is 11.3. The highest BCUT2D eigenvalue weighted by molar-refractivity contribution is 7.89. The van der Waals surface area contributed by atoms with Crippen molar-refractivity contribution in [1.82, 2.24) is 9.62 Å². The smallest absolute Gasteiger partial charge is 0.243 e. The van der Waals surface area contributed by atoms with Crippen LogP contribution in [0.2, 0.25) is 0 Å². The number of sulfonamides is 1. The van der Waals surface area contributed by atoms with Crippen LogP contribution in [0.3, 0.4) is 0 Å². The standard InChI is InChI=1S/C13H18N2O4S/c1-10-9-14-4-5-15(10)20(16,17)11-2-3-12-13(8-11)19-7-6-18-12/h2-3,8,10,14H,4-7,9H2,1H3/t10-/m0/s1. The minimum absolute atomic E-state index is 0.0537. The summed E-state index contributed by atoms with van der Waals surface area (Å²) in [6.45, 7) is 4.67. The van der Waals surface area contributed by atoms with E-state index in [0.717, 1.165) is 0 Å². The number of fused-ring (bicyclic) bond motifs is 1. The van der Waals surface area contributed by atoms with Crippen LogP contribution in [0.4, 0.5) is 0 Å². The number of nitrogens with one attached hydrogen (secondary N) is 1. The first-order valence-corrected chi connectivity index (χ1v) is 8.15. The van der Waals surface area contributed by atoms with E-state index in [4.69, 9.17) is 9.47 Å². The molecule has 2 aliphatic heterocycles. The van der Waals surface area contributed by atoms with E-state index in [9.17, 15) is 8.42 Å². The van der Waals surface area contributed by atoms with Crippen molar-refractivity contribution in [3.63, 3.8) is 0 Å². The van der Waals surface area contributed by atoms with E-state index in [1.165, 1.54) is 4.31 Å². The van der Waals surface area contributed by atoms with Crippen LogP contribution in [-0.2, 0) is 10.0 Å². The van der Waals surface area contributed by atoms with Gasteiger partial charge in [-0.05, 0) is 19.1 Å². The van der Waals surface area contributed by atoms with Gasteiger partial charge in [0.25, 0.3) is 0 Å². The van der Waals surface area contributed by atoms with Gasteiger partial charge in [0.2, 0.25) is 10.0 Å². The Morgan fingerprint density at radius 2 is 2.00 bits per heavy atom. The maximum Gasteiger partial charge on any atom is 0.243 e. The number of hydrogen-bond donors (Lipinski definition) is 1. The van der Waals surface area contributed by atoms with Crippen LogP contribution in [-0.4, -0.2) is 51.6 Å². The van der Waals surface area contributed by atoms with Gasteiger partial charge in [0.05, 0.1) is 4.90 Å². The third-order valence-corrected chi connectivity index (χ3v) is 5.57. The molecule has 20 heavy (non-hydrogen) atoms. The summed E-state index contributed by atoms with van der Waals surface area (Å²) in [4.78, 5) is 0.260. The van der Waals surface area contributed by atoms with Gasteiger partial charge in [-0.2, -0.15) is 4.31 Å². The van der Waals surface area contributed by atoms with Gasteiger partial charge >= 0.3 is 0 Å². The molecule has 1 fully saturated rings. The molecule has 1 saturated heterocycles. The van der Waals surface area contributed by atoms with Gasteiger partial charge in [-0.3, -0.25) is 0 Å². The molecule has 0 saturated carbocycles. The monoisotopic (exact) mass is 298 g/mol. The predicted octanol–water partition coefficient (Wildman–Crippen LogP) is 0.440. The third kappa shape index (κ3) is 2.36. The fourth-order valence-corrected chi connectivity index (χ4v) is 4.15. The molecule has 7 heteroatoms. The number of piperazine rings is 1. The largest absolute Gasteiger partial charge is 0.486 e. The Morgan fingerprint density at radius 1 is 1.25 bits per heavy atom.